The molecule has 136 valence electrons. The number of rotatable bonds is 4. The SMILES string of the molecule is Cc1c(C(=O)Nc2ccc(N3CCN(C)CC3)cc2)cccc1[N+](=O)[O-]. The van der Waals surface area contributed by atoms with E-state index in [0.717, 1.165) is 31.9 Å². The smallest absolute Gasteiger partial charge is 0.273 e. The molecule has 1 N–H and O–H groups in total. The number of anilines is 2. The third-order valence-corrected chi connectivity index (χ3v) is 4.74. The van der Waals surface area contributed by atoms with Gasteiger partial charge in [0.15, 0.2) is 0 Å². The van der Waals surface area contributed by atoms with Crippen molar-refractivity contribution in [2.75, 3.05) is 43.4 Å². The van der Waals surface area contributed by atoms with Crippen LogP contribution in [0, 0.1) is 17.0 Å². The molecule has 1 aliphatic heterocycles. The highest BCUT2D eigenvalue weighted by atomic mass is 16.6. The number of nitro groups is 1. The first-order valence-corrected chi connectivity index (χ1v) is 8.54. The molecule has 26 heavy (non-hydrogen) atoms. The summed E-state index contributed by atoms with van der Waals surface area (Å²) < 4.78 is 0. The van der Waals surface area contributed by atoms with Crippen molar-refractivity contribution in [3.8, 4) is 0 Å². The predicted octanol–water partition coefficient (Wildman–Crippen LogP) is 2.91. The van der Waals surface area contributed by atoms with Crippen molar-refractivity contribution in [2.45, 2.75) is 6.92 Å². The standard InChI is InChI=1S/C19H22N4O3/c1-14-17(4-3-5-18(14)23(25)26)19(24)20-15-6-8-16(9-7-15)22-12-10-21(2)11-13-22/h3-9H,10-13H2,1-2H3,(H,20,24). The van der Waals surface area contributed by atoms with Crippen LogP contribution in [0.25, 0.3) is 0 Å². The van der Waals surface area contributed by atoms with Crippen LogP contribution >= 0.6 is 0 Å². The van der Waals surface area contributed by atoms with Gasteiger partial charge in [0.25, 0.3) is 11.6 Å². The Kier molecular flexibility index (Phi) is 5.18. The fraction of sp³-hybridized carbons (Fsp3) is 0.316. The van der Waals surface area contributed by atoms with Crippen LogP contribution < -0.4 is 10.2 Å². The number of benzene rings is 2. The Hall–Kier alpha value is -2.93. The molecule has 1 amide bonds. The summed E-state index contributed by atoms with van der Waals surface area (Å²) in [6, 6.07) is 12.2. The number of nitro benzene ring substituents is 1. The maximum absolute atomic E-state index is 12.5. The van der Waals surface area contributed by atoms with E-state index in [1.54, 1.807) is 13.0 Å². The van der Waals surface area contributed by atoms with Crippen LogP contribution in [0.1, 0.15) is 15.9 Å². The van der Waals surface area contributed by atoms with Crippen molar-refractivity contribution in [3.05, 3.63) is 63.7 Å². The summed E-state index contributed by atoms with van der Waals surface area (Å²) >= 11 is 0. The highest BCUT2D eigenvalue weighted by Crippen LogP contribution is 2.23. The molecular formula is C19H22N4O3. The topological polar surface area (TPSA) is 78.7 Å². The van der Waals surface area contributed by atoms with Crippen LogP contribution in [-0.2, 0) is 0 Å². The number of carbonyl (C=O) groups is 1. The van der Waals surface area contributed by atoms with Crippen LogP contribution in [0.2, 0.25) is 0 Å². The summed E-state index contributed by atoms with van der Waals surface area (Å²) in [5, 5.41) is 13.8. The van der Waals surface area contributed by atoms with E-state index in [-0.39, 0.29) is 11.6 Å². The zero-order chi connectivity index (χ0) is 18.7. The average Bonchev–Trinajstić information content (AvgIpc) is 2.63. The van der Waals surface area contributed by atoms with Crippen molar-refractivity contribution in [1.82, 2.24) is 4.90 Å². The Morgan fingerprint density at radius 2 is 1.73 bits per heavy atom. The fourth-order valence-corrected chi connectivity index (χ4v) is 3.09. The van der Waals surface area contributed by atoms with Crippen LogP contribution in [0.15, 0.2) is 42.5 Å². The maximum atomic E-state index is 12.5. The van der Waals surface area contributed by atoms with Gasteiger partial charge in [-0.1, -0.05) is 6.07 Å². The highest BCUT2D eigenvalue weighted by Gasteiger charge is 2.18. The molecule has 0 radical (unpaired) electrons. The zero-order valence-electron chi connectivity index (χ0n) is 14.9. The number of hydrogen-bond donors (Lipinski definition) is 1. The van der Waals surface area contributed by atoms with E-state index in [9.17, 15) is 14.9 Å². The number of likely N-dealkylation sites (N-methyl/N-ethyl adjacent to an activating group) is 1. The highest BCUT2D eigenvalue weighted by molar-refractivity contribution is 6.05. The number of carbonyl (C=O) groups excluding carboxylic acids is 1. The summed E-state index contributed by atoms with van der Waals surface area (Å²) in [6.07, 6.45) is 0. The first kappa shape index (κ1) is 17.9. The van der Waals surface area contributed by atoms with E-state index in [1.807, 2.05) is 24.3 Å². The van der Waals surface area contributed by atoms with Gasteiger partial charge in [0.05, 0.1) is 4.92 Å². The quantitative estimate of drug-likeness (QED) is 0.675. The monoisotopic (exact) mass is 354 g/mol. The number of nitrogens with one attached hydrogen (secondary N) is 1. The summed E-state index contributed by atoms with van der Waals surface area (Å²) in [5.41, 5.74) is 2.41. The summed E-state index contributed by atoms with van der Waals surface area (Å²) in [6.45, 7) is 5.61. The number of piperazine rings is 1. The van der Waals surface area contributed by atoms with Gasteiger partial charge in [-0.2, -0.15) is 0 Å². The Labute approximate surface area is 152 Å². The van der Waals surface area contributed by atoms with Crippen LogP contribution in [-0.4, -0.2) is 49.0 Å². The second-order valence-corrected chi connectivity index (χ2v) is 6.50. The van der Waals surface area contributed by atoms with Gasteiger partial charge in [0, 0.05) is 54.7 Å². The normalized spacial score (nSPS) is 14.9. The number of amides is 1. The Morgan fingerprint density at radius 3 is 2.35 bits per heavy atom. The third-order valence-electron chi connectivity index (χ3n) is 4.74. The van der Waals surface area contributed by atoms with Gasteiger partial charge in [0.1, 0.15) is 0 Å². The molecule has 0 aliphatic carbocycles. The van der Waals surface area contributed by atoms with Crippen molar-refractivity contribution in [3.63, 3.8) is 0 Å². The molecule has 2 aromatic carbocycles. The molecule has 1 heterocycles. The van der Waals surface area contributed by atoms with Crippen molar-refractivity contribution >= 4 is 23.0 Å². The first-order valence-electron chi connectivity index (χ1n) is 8.54. The van der Waals surface area contributed by atoms with E-state index in [4.69, 9.17) is 0 Å². The molecule has 2 aromatic rings. The summed E-state index contributed by atoms with van der Waals surface area (Å²) in [7, 11) is 2.12. The molecule has 1 aliphatic rings. The lowest BCUT2D eigenvalue weighted by molar-refractivity contribution is -0.385. The molecule has 0 spiro atoms. The minimum atomic E-state index is -0.475. The van der Waals surface area contributed by atoms with Gasteiger partial charge in [-0.25, -0.2) is 0 Å². The van der Waals surface area contributed by atoms with Gasteiger partial charge in [-0.05, 0) is 44.3 Å². The molecule has 0 aromatic heterocycles. The first-order chi connectivity index (χ1) is 12.5. The summed E-state index contributed by atoms with van der Waals surface area (Å²) in [4.78, 5) is 27.7. The zero-order valence-corrected chi connectivity index (χ0v) is 14.9. The number of hydrogen-bond acceptors (Lipinski definition) is 5. The van der Waals surface area contributed by atoms with Crippen LogP contribution in [0.3, 0.4) is 0 Å². The predicted molar refractivity (Wildman–Crippen MR) is 102 cm³/mol. The average molecular weight is 354 g/mol. The van der Waals surface area contributed by atoms with E-state index in [1.165, 1.54) is 12.1 Å². The minimum absolute atomic E-state index is 0.0527. The van der Waals surface area contributed by atoms with Crippen molar-refractivity contribution < 1.29 is 9.72 Å². The molecule has 0 unspecified atom stereocenters. The van der Waals surface area contributed by atoms with Gasteiger partial charge in [0.2, 0.25) is 0 Å². The third kappa shape index (κ3) is 3.83. The Bertz CT molecular complexity index is 812. The van der Waals surface area contributed by atoms with Gasteiger partial charge in [-0.3, -0.25) is 14.9 Å². The Balaban J connectivity index is 1.70. The van der Waals surface area contributed by atoms with E-state index in [2.05, 4.69) is 22.2 Å². The molecule has 1 saturated heterocycles. The maximum Gasteiger partial charge on any atom is 0.273 e. The molecule has 0 saturated carbocycles. The number of nitrogens with zero attached hydrogens (tertiary/aromatic N) is 3. The molecule has 7 nitrogen and oxygen atoms in total. The van der Waals surface area contributed by atoms with Gasteiger partial charge < -0.3 is 15.1 Å². The fourth-order valence-electron chi connectivity index (χ4n) is 3.09. The second kappa shape index (κ2) is 7.53. The lowest BCUT2D eigenvalue weighted by Crippen LogP contribution is -2.44. The van der Waals surface area contributed by atoms with E-state index >= 15 is 0 Å². The van der Waals surface area contributed by atoms with E-state index in [0.29, 0.717) is 16.8 Å². The van der Waals surface area contributed by atoms with E-state index < -0.39 is 4.92 Å². The second-order valence-electron chi connectivity index (χ2n) is 6.50. The Morgan fingerprint density at radius 1 is 1.08 bits per heavy atom. The lowest BCUT2D eigenvalue weighted by Gasteiger charge is -2.34. The lowest BCUT2D eigenvalue weighted by atomic mass is 10.1. The largest absolute Gasteiger partial charge is 0.369 e. The van der Waals surface area contributed by atoms with Crippen molar-refractivity contribution in [1.29, 1.82) is 0 Å². The molecule has 7 heteroatoms. The summed E-state index contributed by atoms with van der Waals surface area (Å²) in [5.74, 6) is -0.349. The molecular weight excluding hydrogens is 332 g/mol. The molecule has 1 fully saturated rings. The molecule has 3 rings (SSSR count). The molecule has 0 bridgehead atoms. The van der Waals surface area contributed by atoms with Crippen LogP contribution in [0.5, 0.6) is 0 Å². The van der Waals surface area contributed by atoms with Gasteiger partial charge in [-0.15, -0.1) is 0 Å². The minimum Gasteiger partial charge on any atom is -0.369 e. The van der Waals surface area contributed by atoms with Gasteiger partial charge >= 0.3 is 0 Å². The van der Waals surface area contributed by atoms with Crippen molar-refractivity contribution in [2.24, 2.45) is 0 Å². The molecule has 0 atom stereocenters. The van der Waals surface area contributed by atoms with Crippen LogP contribution in [0.4, 0.5) is 17.1 Å².